The zero-order chi connectivity index (χ0) is 19.1. The Kier molecular flexibility index (Phi) is 6.99. The molecule has 1 amide bonds. The Balaban J connectivity index is 2.29. The molecule has 0 aliphatic carbocycles. The summed E-state index contributed by atoms with van der Waals surface area (Å²) in [6.07, 6.45) is -0.192. The number of esters is 1. The number of aliphatic hydroxyl groups is 1. The fourth-order valence-corrected chi connectivity index (χ4v) is 2.64. The average molecular weight is 364 g/mol. The van der Waals surface area contributed by atoms with Crippen molar-refractivity contribution in [1.29, 1.82) is 0 Å². The van der Waals surface area contributed by atoms with Crippen molar-refractivity contribution in [3.63, 3.8) is 0 Å². The van der Waals surface area contributed by atoms with E-state index in [-0.39, 0.29) is 43.0 Å². The van der Waals surface area contributed by atoms with Crippen LogP contribution in [0.3, 0.4) is 0 Å². The standard InChI is InChI=1S/C18H24N2O6/c1-12(11-24-2)26-15-7-5-4-6-14(15)19-16-13(18(23)25-3)10-20(8-9-21)17(16)22/h4-7,12,19,21H,8-11H2,1-3H3. The minimum atomic E-state index is -0.590. The highest BCUT2D eigenvalue weighted by Crippen LogP contribution is 2.29. The van der Waals surface area contributed by atoms with Gasteiger partial charge in [0.05, 0.1) is 38.1 Å². The van der Waals surface area contributed by atoms with Crippen molar-refractivity contribution in [1.82, 2.24) is 4.90 Å². The van der Waals surface area contributed by atoms with Gasteiger partial charge >= 0.3 is 5.97 Å². The van der Waals surface area contributed by atoms with Crippen molar-refractivity contribution < 1.29 is 28.9 Å². The van der Waals surface area contributed by atoms with Crippen LogP contribution in [0.4, 0.5) is 5.69 Å². The third-order valence-electron chi connectivity index (χ3n) is 3.83. The van der Waals surface area contributed by atoms with E-state index >= 15 is 0 Å². The molecule has 0 radical (unpaired) electrons. The second kappa shape index (κ2) is 9.21. The molecule has 0 bridgehead atoms. The summed E-state index contributed by atoms with van der Waals surface area (Å²) in [5.74, 6) is -0.436. The second-order valence-electron chi connectivity index (χ2n) is 5.80. The van der Waals surface area contributed by atoms with E-state index in [0.29, 0.717) is 18.0 Å². The molecule has 1 aromatic rings. The molecule has 0 spiro atoms. The van der Waals surface area contributed by atoms with Crippen molar-refractivity contribution in [2.24, 2.45) is 0 Å². The summed E-state index contributed by atoms with van der Waals surface area (Å²) < 4.78 is 15.7. The Labute approximate surface area is 152 Å². The van der Waals surface area contributed by atoms with Gasteiger partial charge in [-0.3, -0.25) is 4.79 Å². The molecule has 8 nitrogen and oxygen atoms in total. The summed E-state index contributed by atoms with van der Waals surface area (Å²) in [7, 11) is 2.85. The van der Waals surface area contributed by atoms with Gasteiger partial charge in [0, 0.05) is 13.7 Å². The number of aliphatic hydroxyl groups excluding tert-OH is 1. The first kappa shape index (κ1) is 19.7. The van der Waals surface area contributed by atoms with Crippen LogP contribution in [0.2, 0.25) is 0 Å². The summed E-state index contributed by atoms with van der Waals surface area (Å²) in [6.45, 7) is 2.30. The van der Waals surface area contributed by atoms with Crippen LogP contribution in [0.15, 0.2) is 35.5 Å². The zero-order valence-electron chi connectivity index (χ0n) is 15.2. The first-order chi connectivity index (χ1) is 12.5. The van der Waals surface area contributed by atoms with E-state index in [9.17, 15) is 9.59 Å². The summed E-state index contributed by atoms with van der Waals surface area (Å²) in [5, 5.41) is 12.1. The molecule has 0 aromatic heterocycles. The predicted molar refractivity (Wildman–Crippen MR) is 94.7 cm³/mol. The molecule has 1 heterocycles. The van der Waals surface area contributed by atoms with E-state index in [4.69, 9.17) is 19.3 Å². The zero-order valence-corrected chi connectivity index (χ0v) is 15.2. The summed E-state index contributed by atoms with van der Waals surface area (Å²) in [5.41, 5.74) is 0.887. The van der Waals surface area contributed by atoms with E-state index in [1.54, 1.807) is 25.3 Å². The number of hydrogen-bond acceptors (Lipinski definition) is 7. The lowest BCUT2D eigenvalue weighted by atomic mass is 10.2. The summed E-state index contributed by atoms with van der Waals surface area (Å²) in [6, 6.07) is 7.11. The molecule has 8 heteroatoms. The number of anilines is 1. The first-order valence-electron chi connectivity index (χ1n) is 8.25. The summed E-state index contributed by atoms with van der Waals surface area (Å²) >= 11 is 0. The number of nitrogens with one attached hydrogen (secondary N) is 1. The largest absolute Gasteiger partial charge is 0.486 e. The van der Waals surface area contributed by atoms with Crippen molar-refractivity contribution in [3.05, 3.63) is 35.5 Å². The number of nitrogens with zero attached hydrogens (tertiary/aromatic N) is 1. The van der Waals surface area contributed by atoms with Crippen molar-refractivity contribution >= 4 is 17.6 Å². The normalized spacial score (nSPS) is 15.2. The molecule has 1 unspecified atom stereocenters. The van der Waals surface area contributed by atoms with Gasteiger partial charge in [-0.05, 0) is 19.1 Å². The molecular weight excluding hydrogens is 340 g/mol. The molecule has 1 atom stereocenters. The number of carbonyl (C=O) groups is 2. The number of ether oxygens (including phenoxy) is 3. The first-order valence-corrected chi connectivity index (χ1v) is 8.25. The van der Waals surface area contributed by atoms with Crippen LogP contribution in [0.5, 0.6) is 5.75 Å². The number of hydrogen-bond donors (Lipinski definition) is 2. The van der Waals surface area contributed by atoms with Gasteiger partial charge in [-0.15, -0.1) is 0 Å². The fraction of sp³-hybridized carbons (Fsp3) is 0.444. The van der Waals surface area contributed by atoms with Crippen LogP contribution < -0.4 is 10.1 Å². The number of β-amino-alcohol motifs (C(OH)–C–C–N with tert-alkyl or cyclic N) is 1. The fourth-order valence-electron chi connectivity index (χ4n) is 2.64. The molecule has 1 aromatic carbocycles. The number of carbonyl (C=O) groups excluding carboxylic acids is 2. The maximum Gasteiger partial charge on any atom is 0.337 e. The third kappa shape index (κ3) is 4.53. The summed E-state index contributed by atoms with van der Waals surface area (Å²) in [4.78, 5) is 26.0. The van der Waals surface area contributed by atoms with Crippen molar-refractivity contribution in [2.45, 2.75) is 13.0 Å². The molecule has 2 rings (SSSR count). The Morgan fingerprint density at radius 1 is 1.35 bits per heavy atom. The van der Waals surface area contributed by atoms with E-state index in [0.717, 1.165) is 0 Å². The minimum Gasteiger partial charge on any atom is -0.486 e. The van der Waals surface area contributed by atoms with E-state index in [1.807, 2.05) is 13.0 Å². The van der Waals surface area contributed by atoms with Gasteiger partial charge in [-0.1, -0.05) is 12.1 Å². The predicted octanol–water partition coefficient (Wildman–Crippen LogP) is 0.774. The lowest BCUT2D eigenvalue weighted by Crippen LogP contribution is -2.31. The van der Waals surface area contributed by atoms with Gasteiger partial charge in [0.15, 0.2) is 0 Å². The molecule has 0 saturated carbocycles. The van der Waals surface area contributed by atoms with Gasteiger partial charge in [-0.2, -0.15) is 0 Å². The van der Waals surface area contributed by atoms with Crippen LogP contribution >= 0.6 is 0 Å². The monoisotopic (exact) mass is 364 g/mol. The molecule has 26 heavy (non-hydrogen) atoms. The molecular formula is C18H24N2O6. The van der Waals surface area contributed by atoms with E-state index in [2.05, 4.69) is 5.32 Å². The molecule has 1 aliphatic rings. The lowest BCUT2D eigenvalue weighted by molar-refractivity contribution is -0.136. The van der Waals surface area contributed by atoms with Gasteiger partial charge in [0.25, 0.3) is 5.91 Å². The number of methoxy groups -OCH3 is 2. The molecule has 142 valence electrons. The SMILES string of the molecule is COCC(C)Oc1ccccc1NC1=C(C(=O)OC)CN(CCO)C1=O. The van der Waals surface area contributed by atoms with Gasteiger partial charge in [0.2, 0.25) is 0 Å². The van der Waals surface area contributed by atoms with Crippen LogP contribution in [-0.4, -0.2) is 68.5 Å². The third-order valence-corrected chi connectivity index (χ3v) is 3.83. The smallest absolute Gasteiger partial charge is 0.337 e. The highest BCUT2D eigenvalue weighted by molar-refractivity contribution is 6.08. The van der Waals surface area contributed by atoms with Crippen LogP contribution in [0, 0.1) is 0 Å². The Bertz CT molecular complexity index is 688. The minimum absolute atomic E-state index is 0.0809. The number of para-hydroxylation sites is 2. The Morgan fingerprint density at radius 3 is 2.73 bits per heavy atom. The molecule has 0 fully saturated rings. The number of amides is 1. The van der Waals surface area contributed by atoms with Crippen LogP contribution in [-0.2, 0) is 19.1 Å². The molecule has 0 saturated heterocycles. The van der Waals surface area contributed by atoms with E-state index in [1.165, 1.54) is 12.0 Å². The highest BCUT2D eigenvalue weighted by Gasteiger charge is 2.34. The van der Waals surface area contributed by atoms with Crippen molar-refractivity contribution in [3.8, 4) is 5.75 Å². The van der Waals surface area contributed by atoms with Crippen LogP contribution in [0.1, 0.15) is 6.92 Å². The van der Waals surface area contributed by atoms with E-state index < -0.39 is 5.97 Å². The maximum atomic E-state index is 12.6. The highest BCUT2D eigenvalue weighted by atomic mass is 16.5. The Hall–Kier alpha value is -2.58. The number of rotatable bonds is 9. The van der Waals surface area contributed by atoms with Crippen LogP contribution in [0.25, 0.3) is 0 Å². The molecule has 2 N–H and O–H groups in total. The maximum absolute atomic E-state index is 12.6. The molecule has 1 aliphatic heterocycles. The van der Waals surface area contributed by atoms with Gasteiger partial charge in [-0.25, -0.2) is 4.79 Å². The number of benzene rings is 1. The van der Waals surface area contributed by atoms with Gasteiger partial charge in [0.1, 0.15) is 17.6 Å². The topological polar surface area (TPSA) is 97.3 Å². The van der Waals surface area contributed by atoms with Crippen molar-refractivity contribution in [2.75, 3.05) is 45.8 Å². The second-order valence-corrected chi connectivity index (χ2v) is 5.80. The van der Waals surface area contributed by atoms with Gasteiger partial charge < -0.3 is 29.5 Å². The quantitative estimate of drug-likeness (QED) is 0.625. The lowest BCUT2D eigenvalue weighted by Gasteiger charge is -2.18. The average Bonchev–Trinajstić information content (AvgIpc) is 2.93. The Morgan fingerprint density at radius 2 is 2.08 bits per heavy atom.